The van der Waals surface area contributed by atoms with Crippen LogP contribution >= 0.6 is 11.6 Å². The summed E-state index contributed by atoms with van der Waals surface area (Å²) in [6.45, 7) is 9.71. The third-order valence-electron chi connectivity index (χ3n) is 2.15. The fourth-order valence-corrected chi connectivity index (χ4v) is 1.51. The highest BCUT2D eigenvalue weighted by Crippen LogP contribution is 2.18. The summed E-state index contributed by atoms with van der Waals surface area (Å²) >= 11 is 5.75. The Morgan fingerprint density at radius 1 is 1.69 bits per heavy atom. The first-order valence-corrected chi connectivity index (χ1v) is 5.56. The summed E-state index contributed by atoms with van der Waals surface area (Å²) in [7, 11) is 0. The van der Waals surface area contributed by atoms with Crippen molar-refractivity contribution in [2.45, 2.75) is 32.8 Å². The Bertz CT molecular complexity index is 285. The molecule has 0 fully saturated rings. The van der Waals surface area contributed by atoms with Crippen molar-refractivity contribution in [1.29, 1.82) is 0 Å². The van der Waals surface area contributed by atoms with E-state index in [0.29, 0.717) is 6.61 Å². The number of ether oxygens (including phenoxy) is 1. The van der Waals surface area contributed by atoms with Crippen molar-refractivity contribution in [3.63, 3.8) is 0 Å². The van der Waals surface area contributed by atoms with E-state index in [4.69, 9.17) is 22.1 Å². The average molecular weight is 246 g/mol. The molecule has 0 aliphatic rings. The second kappa shape index (κ2) is 6.71. The largest absolute Gasteiger partial charge is 0.370 e. The van der Waals surface area contributed by atoms with Gasteiger partial charge in [-0.3, -0.25) is 4.79 Å². The van der Waals surface area contributed by atoms with Gasteiger partial charge in [-0.15, -0.1) is 6.58 Å². The van der Waals surface area contributed by atoms with Crippen LogP contribution in [0, 0.1) is 5.92 Å². The molecule has 2 atom stereocenters. The maximum atomic E-state index is 10.9. The van der Waals surface area contributed by atoms with Crippen LogP contribution in [0.15, 0.2) is 23.8 Å². The van der Waals surface area contributed by atoms with Crippen LogP contribution in [0.25, 0.3) is 0 Å². The van der Waals surface area contributed by atoms with Crippen LogP contribution in [0.1, 0.15) is 27.2 Å². The number of nitrogens with two attached hydrogens (primary N) is 1. The fraction of sp³-hybridized carbons (Fsp3) is 0.583. The molecule has 0 aromatic rings. The van der Waals surface area contributed by atoms with Crippen LogP contribution in [-0.4, -0.2) is 18.1 Å². The number of halogens is 1. The first-order valence-electron chi connectivity index (χ1n) is 5.19. The lowest BCUT2D eigenvalue weighted by Crippen LogP contribution is -2.33. The van der Waals surface area contributed by atoms with E-state index in [2.05, 4.69) is 6.58 Å². The van der Waals surface area contributed by atoms with Crippen molar-refractivity contribution < 1.29 is 9.53 Å². The number of amides is 1. The second-order valence-corrected chi connectivity index (χ2v) is 4.80. The van der Waals surface area contributed by atoms with Crippen LogP contribution in [0.4, 0.5) is 0 Å². The molecule has 0 bridgehead atoms. The van der Waals surface area contributed by atoms with Gasteiger partial charge in [-0.1, -0.05) is 30.7 Å². The highest BCUT2D eigenvalue weighted by Gasteiger charge is 2.24. The van der Waals surface area contributed by atoms with Gasteiger partial charge in [0.05, 0.1) is 18.6 Å². The zero-order chi connectivity index (χ0) is 12.8. The Balaban J connectivity index is 4.29. The van der Waals surface area contributed by atoms with Gasteiger partial charge in [0.2, 0.25) is 5.91 Å². The number of allylic oxidation sites excluding steroid dienone is 1. The monoisotopic (exact) mass is 245 g/mol. The molecule has 3 nitrogen and oxygen atoms in total. The van der Waals surface area contributed by atoms with Crippen LogP contribution in [0.2, 0.25) is 0 Å². The smallest absolute Gasteiger partial charge is 0.220 e. The third-order valence-corrected chi connectivity index (χ3v) is 2.27. The summed E-state index contributed by atoms with van der Waals surface area (Å²) in [6.07, 6.45) is 3.63. The van der Waals surface area contributed by atoms with Gasteiger partial charge in [0.25, 0.3) is 0 Å². The number of carbonyl (C=O) groups is 1. The molecule has 2 N–H and O–H groups in total. The van der Waals surface area contributed by atoms with E-state index in [9.17, 15) is 4.79 Å². The molecule has 2 unspecified atom stereocenters. The number of hydrogen-bond acceptors (Lipinski definition) is 2. The van der Waals surface area contributed by atoms with E-state index in [0.717, 1.165) is 5.03 Å². The Labute approximate surface area is 102 Å². The molecule has 0 aromatic carbocycles. The van der Waals surface area contributed by atoms with Crippen molar-refractivity contribution in [1.82, 2.24) is 0 Å². The van der Waals surface area contributed by atoms with E-state index in [1.807, 2.05) is 19.9 Å². The van der Waals surface area contributed by atoms with Crippen molar-refractivity contribution in [2.24, 2.45) is 11.7 Å². The maximum absolute atomic E-state index is 10.9. The van der Waals surface area contributed by atoms with Gasteiger partial charge in [0.1, 0.15) is 0 Å². The molecule has 0 spiro atoms. The van der Waals surface area contributed by atoms with Crippen molar-refractivity contribution in [3.05, 3.63) is 23.8 Å². The first-order chi connectivity index (χ1) is 7.29. The molecule has 0 radical (unpaired) electrons. The average Bonchev–Trinajstić information content (AvgIpc) is 2.13. The molecule has 0 saturated carbocycles. The summed E-state index contributed by atoms with van der Waals surface area (Å²) in [5, 5.41) is 0.728. The lowest BCUT2D eigenvalue weighted by Gasteiger charge is -2.26. The zero-order valence-electron chi connectivity index (χ0n) is 10.1. The van der Waals surface area contributed by atoms with Crippen LogP contribution < -0.4 is 5.73 Å². The predicted octanol–water partition coefficient (Wildman–Crippen LogP) is 2.60. The molecular formula is C12H20ClNO2. The topological polar surface area (TPSA) is 52.3 Å². The second-order valence-electron chi connectivity index (χ2n) is 4.20. The molecule has 0 aliphatic carbocycles. The van der Waals surface area contributed by atoms with Gasteiger partial charge < -0.3 is 10.5 Å². The van der Waals surface area contributed by atoms with E-state index in [-0.39, 0.29) is 12.3 Å². The van der Waals surface area contributed by atoms with Crippen molar-refractivity contribution in [2.75, 3.05) is 6.61 Å². The minimum absolute atomic E-state index is 0.132. The fourth-order valence-electron chi connectivity index (χ4n) is 1.29. The lowest BCUT2D eigenvalue weighted by molar-refractivity contribution is -0.123. The highest BCUT2D eigenvalue weighted by molar-refractivity contribution is 6.29. The summed E-state index contributed by atoms with van der Waals surface area (Å²) in [6, 6.07) is 0. The van der Waals surface area contributed by atoms with E-state index < -0.39 is 11.5 Å². The molecule has 4 heteroatoms. The zero-order valence-corrected chi connectivity index (χ0v) is 10.9. The first kappa shape index (κ1) is 15.2. The number of carbonyl (C=O) groups excluding carboxylic acids is 1. The molecular weight excluding hydrogens is 226 g/mol. The highest BCUT2D eigenvalue weighted by atomic mass is 35.5. The Kier molecular flexibility index (Phi) is 6.38. The van der Waals surface area contributed by atoms with Gasteiger partial charge in [-0.2, -0.15) is 0 Å². The third kappa shape index (κ3) is 6.64. The lowest BCUT2D eigenvalue weighted by atomic mass is 10.0. The minimum Gasteiger partial charge on any atom is -0.370 e. The van der Waals surface area contributed by atoms with Gasteiger partial charge >= 0.3 is 0 Å². The Morgan fingerprint density at radius 2 is 2.25 bits per heavy atom. The molecule has 92 valence electrons. The number of primary amides is 1. The molecule has 16 heavy (non-hydrogen) atoms. The maximum Gasteiger partial charge on any atom is 0.220 e. The summed E-state index contributed by atoms with van der Waals surface area (Å²) in [4.78, 5) is 10.9. The molecule has 0 aromatic heterocycles. The molecule has 0 saturated heterocycles. The standard InChI is InChI=1S/C12H20ClNO2/c1-5-12(4,7-11(14)15)16-8-9(2)6-10(3)13/h5-6,9H,1,7-8H2,2-4H3,(H2,14,15). The quantitative estimate of drug-likeness (QED) is 0.701. The van der Waals surface area contributed by atoms with Gasteiger partial charge in [0.15, 0.2) is 0 Å². The summed E-state index contributed by atoms with van der Waals surface area (Å²) < 4.78 is 5.63. The molecule has 1 amide bonds. The predicted molar refractivity (Wildman–Crippen MR) is 67.1 cm³/mol. The summed E-state index contributed by atoms with van der Waals surface area (Å²) in [5.74, 6) is -0.219. The van der Waals surface area contributed by atoms with Crippen molar-refractivity contribution in [3.8, 4) is 0 Å². The van der Waals surface area contributed by atoms with Gasteiger partial charge in [-0.25, -0.2) is 0 Å². The normalized spacial score (nSPS) is 17.6. The van der Waals surface area contributed by atoms with E-state index >= 15 is 0 Å². The van der Waals surface area contributed by atoms with E-state index in [1.54, 1.807) is 13.0 Å². The Morgan fingerprint density at radius 3 is 2.62 bits per heavy atom. The van der Waals surface area contributed by atoms with Crippen LogP contribution in [-0.2, 0) is 9.53 Å². The summed E-state index contributed by atoms with van der Waals surface area (Å²) in [5.41, 5.74) is 4.44. The van der Waals surface area contributed by atoms with Crippen LogP contribution in [0.3, 0.4) is 0 Å². The van der Waals surface area contributed by atoms with Crippen molar-refractivity contribution >= 4 is 17.5 Å². The van der Waals surface area contributed by atoms with Crippen LogP contribution in [0.5, 0.6) is 0 Å². The SMILES string of the molecule is C=CC(C)(CC(N)=O)OCC(C)C=C(C)Cl. The van der Waals surface area contributed by atoms with E-state index in [1.165, 1.54) is 0 Å². The minimum atomic E-state index is -0.700. The molecule has 0 aliphatic heterocycles. The number of rotatable bonds is 7. The van der Waals surface area contributed by atoms with Gasteiger partial charge in [-0.05, 0) is 19.8 Å². The van der Waals surface area contributed by atoms with Gasteiger partial charge in [0, 0.05) is 5.03 Å². The molecule has 0 heterocycles. The molecule has 0 rings (SSSR count). The number of hydrogen-bond donors (Lipinski definition) is 1. The Hall–Kier alpha value is -0.800.